The smallest absolute Gasteiger partial charge is 0.308 e. The van der Waals surface area contributed by atoms with E-state index in [0.717, 1.165) is 49.3 Å². The van der Waals surface area contributed by atoms with E-state index >= 15 is 4.39 Å². The molecule has 0 bridgehead atoms. The molecule has 0 aliphatic carbocycles. The quantitative estimate of drug-likeness (QED) is 0.152. The van der Waals surface area contributed by atoms with Crippen molar-refractivity contribution in [3.05, 3.63) is 88.9 Å². The van der Waals surface area contributed by atoms with E-state index in [1.807, 2.05) is 36.4 Å². The maximum atomic E-state index is 15.4. The Morgan fingerprint density at radius 3 is 2.67 bits per heavy atom. The molecule has 0 saturated carbocycles. The van der Waals surface area contributed by atoms with Gasteiger partial charge in [-0.3, -0.25) is 9.59 Å². The lowest BCUT2D eigenvalue weighted by atomic mass is 9.99. The molecular formula is C35H44FN3O6. The predicted octanol–water partition coefficient (Wildman–Crippen LogP) is 5.40. The second-order valence-electron chi connectivity index (χ2n) is 11.1. The number of benzene rings is 2. The number of ether oxygens (including phenoxy) is 3. The Morgan fingerprint density at radius 1 is 1.11 bits per heavy atom. The molecule has 9 nitrogen and oxygen atoms in total. The molecule has 45 heavy (non-hydrogen) atoms. The summed E-state index contributed by atoms with van der Waals surface area (Å²) in [6.07, 6.45) is 3.50. The number of halogens is 1. The van der Waals surface area contributed by atoms with Crippen molar-refractivity contribution in [2.24, 2.45) is 0 Å². The number of aliphatic hydroxyl groups is 1. The van der Waals surface area contributed by atoms with Crippen LogP contribution in [0.2, 0.25) is 0 Å². The number of carbonyl (C=O) groups excluding carboxylic acids is 2. The Bertz CT molecular complexity index is 1390. The van der Waals surface area contributed by atoms with Gasteiger partial charge in [0.2, 0.25) is 5.91 Å². The van der Waals surface area contributed by atoms with Crippen molar-refractivity contribution in [3.8, 4) is 5.75 Å². The fourth-order valence-electron chi connectivity index (χ4n) is 5.43. The first kappa shape index (κ1) is 33.9. The summed E-state index contributed by atoms with van der Waals surface area (Å²) >= 11 is 0. The number of aliphatic hydroxyl groups excluding tert-OH is 1. The zero-order chi connectivity index (χ0) is 32.0. The first-order valence-corrected chi connectivity index (χ1v) is 15.7. The minimum Gasteiger partial charge on any atom is -0.486 e. The third-order valence-electron chi connectivity index (χ3n) is 7.90. The number of amides is 1. The molecule has 2 heterocycles. The molecule has 242 valence electrons. The fraction of sp³-hybridized carbons (Fsp3) is 0.457. The highest BCUT2D eigenvalue weighted by Crippen LogP contribution is 2.31. The van der Waals surface area contributed by atoms with Crippen molar-refractivity contribution < 1.29 is 33.3 Å². The lowest BCUT2D eigenvalue weighted by molar-refractivity contribution is -0.147. The van der Waals surface area contributed by atoms with Crippen LogP contribution in [0.25, 0.3) is 0 Å². The van der Waals surface area contributed by atoms with Gasteiger partial charge in [-0.25, -0.2) is 9.37 Å². The van der Waals surface area contributed by atoms with E-state index < -0.39 is 23.9 Å². The number of aryl methyl sites for hydroxylation is 2. The Hall–Kier alpha value is -4.02. The molecule has 3 aromatic rings. The van der Waals surface area contributed by atoms with E-state index in [1.54, 1.807) is 13.0 Å². The molecule has 2 atom stereocenters. The summed E-state index contributed by atoms with van der Waals surface area (Å²) in [6, 6.07) is 17.2. The fourth-order valence-corrected chi connectivity index (χ4v) is 5.43. The SMILES string of the molecule is CCOC(=O)C[C@@H](c1ccc(OCc2ccccc2)c(F)c1)N(CC(CO)OC)C(=O)CCCCc1ccc2c(n1)NCCC2. The van der Waals surface area contributed by atoms with Crippen LogP contribution in [0.5, 0.6) is 5.75 Å². The normalized spacial score (nSPS) is 13.7. The number of nitrogens with one attached hydrogen (secondary N) is 1. The van der Waals surface area contributed by atoms with Gasteiger partial charge in [-0.2, -0.15) is 0 Å². The summed E-state index contributed by atoms with van der Waals surface area (Å²) in [5.74, 6) is -0.352. The molecule has 2 aromatic carbocycles. The first-order chi connectivity index (χ1) is 21.9. The van der Waals surface area contributed by atoms with Gasteiger partial charge in [0.05, 0.1) is 31.8 Å². The number of unbranched alkanes of at least 4 members (excludes halogenated alkanes) is 1. The third kappa shape index (κ3) is 9.99. The number of fused-ring (bicyclic) bond motifs is 1. The Kier molecular flexibility index (Phi) is 13.1. The minimum absolute atomic E-state index is 0.0157. The molecule has 1 aromatic heterocycles. The van der Waals surface area contributed by atoms with Crippen molar-refractivity contribution in [2.45, 2.75) is 70.6 Å². The summed E-state index contributed by atoms with van der Waals surface area (Å²) in [5.41, 5.74) is 3.51. The zero-order valence-corrected chi connectivity index (χ0v) is 26.2. The summed E-state index contributed by atoms with van der Waals surface area (Å²) in [6.45, 7) is 2.67. The van der Waals surface area contributed by atoms with Gasteiger partial charge in [-0.15, -0.1) is 0 Å². The van der Waals surface area contributed by atoms with E-state index in [4.69, 9.17) is 19.2 Å². The van der Waals surface area contributed by atoms with Gasteiger partial charge >= 0.3 is 5.97 Å². The van der Waals surface area contributed by atoms with Gasteiger partial charge in [0.1, 0.15) is 12.4 Å². The van der Waals surface area contributed by atoms with Crippen molar-refractivity contribution in [1.29, 1.82) is 0 Å². The number of aromatic nitrogens is 1. The largest absolute Gasteiger partial charge is 0.486 e. The number of hydrogen-bond acceptors (Lipinski definition) is 8. The van der Waals surface area contributed by atoms with Crippen LogP contribution in [0.3, 0.4) is 0 Å². The highest BCUT2D eigenvalue weighted by molar-refractivity contribution is 5.78. The maximum Gasteiger partial charge on any atom is 0.308 e. The van der Waals surface area contributed by atoms with Gasteiger partial charge in [0, 0.05) is 32.3 Å². The molecule has 4 rings (SSSR count). The Balaban J connectivity index is 1.49. The van der Waals surface area contributed by atoms with E-state index in [0.29, 0.717) is 12.0 Å². The van der Waals surface area contributed by atoms with Crippen molar-refractivity contribution in [2.75, 3.05) is 38.7 Å². The molecule has 10 heteroatoms. The maximum absolute atomic E-state index is 15.4. The van der Waals surface area contributed by atoms with Crippen LogP contribution in [-0.2, 0) is 38.5 Å². The van der Waals surface area contributed by atoms with Gasteiger partial charge in [-0.05, 0) is 73.9 Å². The summed E-state index contributed by atoms with van der Waals surface area (Å²) in [4.78, 5) is 32.8. The number of rotatable bonds is 17. The summed E-state index contributed by atoms with van der Waals surface area (Å²) in [5, 5.41) is 13.2. The van der Waals surface area contributed by atoms with Gasteiger partial charge in [0.15, 0.2) is 11.6 Å². The molecule has 0 radical (unpaired) electrons. The monoisotopic (exact) mass is 621 g/mol. The Labute approximate surface area is 264 Å². The number of methoxy groups -OCH3 is 1. The van der Waals surface area contributed by atoms with Crippen molar-refractivity contribution >= 4 is 17.7 Å². The molecule has 1 amide bonds. The number of pyridine rings is 1. The predicted molar refractivity (Wildman–Crippen MR) is 169 cm³/mol. The minimum atomic E-state index is -0.841. The molecule has 0 fully saturated rings. The van der Waals surface area contributed by atoms with Gasteiger partial charge in [0.25, 0.3) is 0 Å². The molecule has 1 aliphatic heterocycles. The second-order valence-corrected chi connectivity index (χ2v) is 11.1. The van der Waals surface area contributed by atoms with Gasteiger partial charge in [-0.1, -0.05) is 42.5 Å². The van der Waals surface area contributed by atoms with Crippen LogP contribution in [0.15, 0.2) is 60.7 Å². The number of carbonyl (C=O) groups is 2. The number of anilines is 1. The Morgan fingerprint density at radius 2 is 1.93 bits per heavy atom. The van der Waals surface area contributed by atoms with Crippen LogP contribution < -0.4 is 10.1 Å². The van der Waals surface area contributed by atoms with Crippen LogP contribution >= 0.6 is 0 Å². The van der Waals surface area contributed by atoms with Crippen LogP contribution in [0.4, 0.5) is 10.2 Å². The van der Waals surface area contributed by atoms with Crippen molar-refractivity contribution in [1.82, 2.24) is 9.88 Å². The number of hydrogen-bond donors (Lipinski definition) is 2. The van der Waals surface area contributed by atoms with E-state index in [-0.39, 0.29) is 50.9 Å². The van der Waals surface area contributed by atoms with Crippen LogP contribution in [-0.4, -0.2) is 66.4 Å². The van der Waals surface area contributed by atoms with Crippen LogP contribution in [0, 0.1) is 5.82 Å². The summed E-state index contributed by atoms with van der Waals surface area (Å²) in [7, 11) is 1.45. The highest BCUT2D eigenvalue weighted by atomic mass is 19.1. The lowest BCUT2D eigenvalue weighted by Crippen LogP contribution is -2.43. The average Bonchev–Trinajstić information content (AvgIpc) is 3.06. The molecule has 2 N–H and O–H groups in total. The van der Waals surface area contributed by atoms with E-state index in [1.165, 1.54) is 29.7 Å². The zero-order valence-electron chi connectivity index (χ0n) is 26.2. The molecule has 1 aliphatic rings. The van der Waals surface area contributed by atoms with Crippen molar-refractivity contribution in [3.63, 3.8) is 0 Å². The topological polar surface area (TPSA) is 110 Å². The van der Waals surface area contributed by atoms with Crippen LogP contribution in [0.1, 0.15) is 67.5 Å². The average molecular weight is 622 g/mol. The van der Waals surface area contributed by atoms with E-state index in [9.17, 15) is 14.7 Å². The lowest BCUT2D eigenvalue weighted by Gasteiger charge is -2.34. The molecule has 1 unspecified atom stereocenters. The molecule has 0 saturated heterocycles. The number of esters is 1. The third-order valence-corrected chi connectivity index (χ3v) is 7.90. The number of nitrogens with zero attached hydrogens (tertiary/aromatic N) is 2. The summed E-state index contributed by atoms with van der Waals surface area (Å²) < 4.78 is 31.7. The molecule has 0 spiro atoms. The van der Waals surface area contributed by atoms with E-state index in [2.05, 4.69) is 11.4 Å². The highest BCUT2D eigenvalue weighted by Gasteiger charge is 2.30. The molecular weight excluding hydrogens is 577 g/mol. The standard InChI is InChI=1S/C35H44FN3O6/c1-3-44-34(42)21-31(27-16-18-32(30(36)20-27)45-24-25-10-5-4-6-11-25)39(22-29(23-40)43-2)33(41)14-8-7-13-28-17-15-26-12-9-19-37-35(26)38-28/h4-6,10-11,15-18,20,29,31,40H,3,7-9,12-14,19,21-24H2,1-2H3,(H,37,38)/t29?,31-/m0/s1. The second kappa shape index (κ2) is 17.5. The first-order valence-electron chi connectivity index (χ1n) is 15.7. The van der Waals surface area contributed by atoms with Gasteiger partial charge < -0.3 is 29.5 Å².